The van der Waals surface area contributed by atoms with Crippen molar-refractivity contribution in [3.63, 3.8) is 0 Å². The monoisotopic (exact) mass is 217 g/mol. The van der Waals surface area contributed by atoms with Crippen LogP contribution in [0.5, 0.6) is 0 Å². The van der Waals surface area contributed by atoms with Crippen LogP contribution in [0.1, 0.15) is 19.8 Å². The predicted molar refractivity (Wildman–Crippen MR) is 67.7 cm³/mol. The summed E-state index contributed by atoms with van der Waals surface area (Å²) in [6.45, 7) is 4.56. The summed E-state index contributed by atoms with van der Waals surface area (Å²) in [5.41, 5.74) is 2.51. The third-order valence-electron chi connectivity index (χ3n) is 3.87. The van der Waals surface area contributed by atoms with E-state index in [-0.39, 0.29) is 5.66 Å². The van der Waals surface area contributed by atoms with Crippen LogP contribution in [-0.2, 0) is 0 Å². The van der Waals surface area contributed by atoms with Crippen LogP contribution in [0.25, 0.3) is 0 Å². The summed E-state index contributed by atoms with van der Waals surface area (Å²) in [5.74, 6) is 0.696. The minimum absolute atomic E-state index is 0.0335. The molecule has 1 fully saturated rings. The molecular formula is C13H19N3. The van der Waals surface area contributed by atoms with Crippen molar-refractivity contribution in [3.8, 4) is 0 Å². The molecule has 0 saturated carbocycles. The maximum atomic E-state index is 3.64. The van der Waals surface area contributed by atoms with Crippen LogP contribution in [0.2, 0.25) is 0 Å². The van der Waals surface area contributed by atoms with Gasteiger partial charge in [-0.25, -0.2) is 0 Å². The molecule has 0 atom stereocenters. The van der Waals surface area contributed by atoms with Gasteiger partial charge in [-0.2, -0.15) is 0 Å². The van der Waals surface area contributed by atoms with E-state index >= 15 is 0 Å². The van der Waals surface area contributed by atoms with Gasteiger partial charge in [0.2, 0.25) is 0 Å². The molecule has 0 aliphatic carbocycles. The molecule has 2 heterocycles. The van der Waals surface area contributed by atoms with Crippen molar-refractivity contribution < 1.29 is 0 Å². The van der Waals surface area contributed by atoms with Crippen molar-refractivity contribution in [1.82, 2.24) is 5.32 Å². The molecule has 0 bridgehead atoms. The minimum Gasteiger partial charge on any atom is -0.361 e. The molecule has 1 aromatic rings. The molecule has 2 aliphatic rings. The van der Waals surface area contributed by atoms with Gasteiger partial charge < -0.3 is 16.0 Å². The Kier molecular flexibility index (Phi) is 2.28. The van der Waals surface area contributed by atoms with Gasteiger partial charge in [0.1, 0.15) is 5.66 Å². The van der Waals surface area contributed by atoms with E-state index < -0.39 is 0 Å². The molecule has 1 saturated heterocycles. The standard InChI is InChI=1S/C13H19N3/c1-13(10-6-8-14-9-7-10)15-11-4-2-3-5-12(11)16-13/h2-5,10,14-16H,6-9H2,1H3. The smallest absolute Gasteiger partial charge is 0.108 e. The largest absolute Gasteiger partial charge is 0.361 e. The Labute approximate surface area is 96.6 Å². The number of anilines is 2. The predicted octanol–water partition coefficient (Wildman–Crippen LogP) is 2.24. The fourth-order valence-electron chi connectivity index (χ4n) is 2.90. The fourth-order valence-corrected chi connectivity index (χ4v) is 2.90. The number of fused-ring (bicyclic) bond motifs is 1. The second-order valence-corrected chi connectivity index (χ2v) is 5.02. The number of piperidine rings is 1. The zero-order valence-corrected chi connectivity index (χ0v) is 9.72. The number of rotatable bonds is 1. The van der Waals surface area contributed by atoms with Gasteiger partial charge in [-0.15, -0.1) is 0 Å². The van der Waals surface area contributed by atoms with Crippen LogP contribution in [0.15, 0.2) is 24.3 Å². The molecule has 0 amide bonds. The lowest BCUT2D eigenvalue weighted by molar-refractivity contribution is 0.281. The SMILES string of the molecule is CC1(C2CCNCC2)Nc2ccccc2N1. The summed E-state index contributed by atoms with van der Waals surface area (Å²) >= 11 is 0. The third kappa shape index (κ3) is 1.55. The molecular weight excluding hydrogens is 198 g/mol. The average molecular weight is 217 g/mol. The van der Waals surface area contributed by atoms with Crippen LogP contribution < -0.4 is 16.0 Å². The van der Waals surface area contributed by atoms with Crippen molar-refractivity contribution in [2.24, 2.45) is 5.92 Å². The van der Waals surface area contributed by atoms with Crippen LogP contribution in [-0.4, -0.2) is 18.8 Å². The Morgan fingerprint density at radius 2 is 1.62 bits per heavy atom. The fraction of sp³-hybridized carbons (Fsp3) is 0.538. The lowest BCUT2D eigenvalue weighted by atomic mass is 9.86. The van der Waals surface area contributed by atoms with Gasteiger partial charge in [0.15, 0.2) is 0 Å². The Hall–Kier alpha value is -1.22. The van der Waals surface area contributed by atoms with Gasteiger partial charge in [-0.1, -0.05) is 12.1 Å². The molecule has 0 aromatic heterocycles. The Morgan fingerprint density at radius 3 is 2.19 bits per heavy atom. The Balaban J connectivity index is 1.82. The topological polar surface area (TPSA) is 36.1 Å². The van der Waals surface area contributed by atoms with Crippen molar-refractivity contribution in [2.45, 2.75) is 25.4 Å². The molecule has 3 heteroatoms. The highest BCUT2D eigenvalue weighted by Crippen LogP contribution is 2.39. The van der Waals surface area contributed by atoms with E-state index in [1.807, 2.05) is 0 Å². The van der Waals surface area contributed by atoms with E-state index in [1.54, 1.807) is 0 Å². The summed E-state index contributed by atoms with van der Waals surface area (Å²) in [4.78, 5) is 0. The van der Waals surface area contributed by atoms with Crippen LogP contribution >= 0.6 is 0 Å². The summed E-state index contributed by atoms with van der Waals surface area (Å²) in [5, 5.41) is 10.7. The second-order valence-electron chi connectivity index (χ2n) is 5.02. The van der Waals surface area contributed by atoms with Crippen LogP contribution in [0.3, 0.4) is 0 Å². The van der Waals surface area contributed by atoms with Gasteiger partial charge in [0.05, 0.1) is 11.4 Å². The molecule has 3 rings (SSSR count). The van der Waals surface area contributed by atoms with Crippen LogP contribution in [0.4, 0.5) is 11.4 Å². The van der Waals surface area contributed by atoms with Gasteiger partial charge >= 0.3 is 0 Å². The molecule has 2 aliphatic heterocycles. The first-order chi connectivity index (χ1) is 7.78. The van der Waals surface area contributed by atoms with E-state index in [2.05, 4.69) is 47.1 Å². The Bertz CT molecular complexity index is 358. The maximum Gasteiger partial charge on any atom is 0.108 e. The van der Waals surface area contributed by atoms with E-state index in [0.29, 0.717) is 5.92 Å². The lowest BCUT2D eigenvalue weighted by Gasteiger charge is -2.38. The van der Waals surface area contributed by atoms with E-state index in [4.69, 9.17) is 0 Å². The van der Waals surface area contributed by atoms with Crippen molar-refractivity contribution in [3.05, 3.63) is 24.3 Å². The summed E-state index contributed by atoms with van der Waals surface area (Å²) in [6, 6.07) is 8.46. The number of hydrogen-bond acceptors (Lipinski definition) is 3. The average Bonchev–Trinajstić information content (AvgIpc) is 2.68. The molecule has 0 unspecified atom stereocenters. The minimum atomic E-state index is 0.0335. The van der Waals surface area contributed by atoms with Gasteiger partial charge in [0.25, 0.3) is 0 Å². The second kappa shape index (κ2) is 3.67. The Morgan fingerprint density at radius 1 is 1.06 bits per heavy atom. The molecule has 3 N–H and O–H groups in total. The lowest BCUT2D eigenvalue weighted by Crippen LogP contribution is -2.49. The molecule has 1 aromatic carbocycles. The third-order valence-corrected chi connectivity index (χ3v) is 3.87. The van der Waals surface area contributed by atoms with Crippen LogP contribution in [0, 0.1) is 5.92 Å². The molecule has 86 valence electrons. The van der Waals surface area contributed by atoms with Gasteiger partial charge in [0, 0.05) is 5.92 Å². The number of para-hydroxylation sites is 2. The molecule has 0 spiro atoms. The van der Waals surface area contributed by atoms with Crippen molar-refractivity contribution in [2.75, 3.05) is 23.7 Å². The van der Waals surface area contributed by atoms with Crippen molar-refractivity contribution in [1.29, 1.82) is 0 Å². The summed E-state index contributed by atoms with van der Waals surface area (Å²) in [7, 11) is 0. The zero-order valence-electron chi connectivity index (χ0n) is 9.72. The first kappa shape index (κ1) is 9.97. The number of hydrogen-bond donors (Lipinski definition) is 3. The van der Waals surface area contributed by atoms with Crippen molar-refractivity contribution >= 4 is 11.4 Å². The summed E-state index contributed by atoms with van der Waals surface area (Å²) in [6.07, 6.45) is 2.48. The molecule has 0 radical (unpaired) electrons. The first-order valence-electron chi connectivity index (χ1n) is 6.14. The van der Waals surface area contributed by atoms with E-state index in [9.17, 15) is 0 Å². The highest BCUT2D eigenvalue weighted by atomic mass is 15.3. The maximum absolute atomic E-state index is 3.64. The quantitative estimate of drug-likeness (QED) is 0.675. The van der Waals surface area contributed by atoms with E-state index in [0.717, 1.165) is 13.1 Å². The van der Waals surface area contributed by atoms with Gasteiger partial charge in [-0.3, -0.25) is 0 Å². The zero-order chi connectivity index (χ0) is 11.0. The first-order valence-corrected chi connectivity index (χ1v) is 6.14. The highest BCUT2D eigenvalue weighted by molar-refractivity contribution is 5.75. The highest BCUT2D eigenvalue weighted by Gasteiger charge is 2.39. The molecule has 16 heavy (non-hydrogen) atoms. The summed E-state index contributed by atoms with van der Waals surface area (Å²) < 4.78 is 0. The number of benzene rings is 1. The van der Waals surface area contributed by atoms with Gasteiger partial charge in [-0.05, 0) is 45.0 Å². The normalized spacial score (nSPS) is 23.3. The van der Waals surface area contributed by atoms with E-state index in [1.165, 1.54) is 24.2 Å². The number of nitrogens with one attached hydrogen (secondary N) is 3. The molecule has 3 nitrogen and oxygen atoms in total.